The van der Waals surface area contributed by atoms with Crippen molar-refractivity contribution in [2.45, 2.75) is 32.0 Å². The van der Waals surface area contributed by atoms with Crippen LogP contribution in [-0.2, 0) is 9.59 Å². The number of anilines is 1. The number of hydrogen-bond donors (Lipinski definition) is 1. The summed E-state index contributed by atoms with van der Waals surface area (Å²) in [6.45, 7) is -0.0105. The molecule has 0 heterocycles. The number of nitrogens with zero attached hydrogens (tertiary/aromatic N) is 2. The Morgan fingerprint density at radius 3 is 2.54 bits per heavy atom. The quantitative estimate of drug-likeness (QED) is 0.691. The number of halogens is 3. The molecule has 2 amide bonds. The summed E-state index contributed by atoms with van der Waals surface area (Å²) in [7, 11) is 3.03. The van der Waals surface area contributed by atoms with Crippen molar-refractivity contribution in [3.8, 4) is 5.75 Å². The van der Waals surface area contributed by atoms with Gasteiger partial charge in [0.2, 0.25) is 11.8 Å². The molecule has 0 unspecified atom stereocenters. The van der Waals surface area contributed by atoms with E-state index in [0.717, 1.165) is 17.7 Å². The molecular weight excluding hydrogens is 375 g/mol. The van der Waals surface area contributed by atoms with Gasteiger partial charge in [0.05, 0.1) is 20.2 Å². The zero-order chi connectivity index (χ0) is 20.9. The molecule has 6 nitrogen and oxygen atoms in total. The van der Waals surface area contributed by atoms with E-state index in [4.69, 9.17) is 4.74 Å². The fourth-order valence-electron chi connectivity index (χ4n) is 3.01. The second kappa shape index (κ2) is 9.27. The molecule has 0 saturated heterocycles. The highest BCUT2D eigenvalue weighted by atomic mass is 19.4. The van der Waals surface area contributed by atoms with Crippen LogP contribution in [0.1, 0.15) is 19.8 Å². The van der Waals surface area contributed by atoms with Gasteiger partial charge in [0, 0.05) is 17.8 Å². The number of ether oxygens (including phenoxy) is 1. The lowest BCUT2D eigenvalue weighted by Crippen LogP contribution is -2.49. The number of alkyl halides is 3. The van der Waals surface area contributed by atoms with Gasteiger partial charge in [0.15, 0.2) is 0 Å². The molecule has 1 aromatic carbocycles. The van der Waals surface area contributed by atoms with Crippen molar-refractivity contribution in [3.05, 3.63) is 24.3 Å². The monoisotopic (exact) mass is 401 g/mol. The molecule has 1 aliphatic carbocycles. The van der Waals surface area contributed by atoms with Gasteiger partial charge in [-0.1, -0.05) is 6.07 Å². The second-order valence-electron chi connectivity index (χ2n) is 7.17. The number of carbonyl (C=O) groups is 2. The average Bonchev–Trinajstić information content (AvgIpc) is 3.43. The fourth-order valence-corrected chi connectivity index (χ4v) is 3.01. The van der Waals surface area contributed by atoms with Crippen molar-refractivity contribution >= 4 is 17.5 Å². The Balaban J connectivity index is 1.90. The lowest BCUT2D eigenvalue weighted by molar-refractivity contribution is -0.166. The summed E-state index contributed by atoms with van der Waals surface area (Å²) in [6, 6.07) is 6.32. The van der Waals surface area contributed by atoms with Gasteiger partial charge in [-0.2, -0.15) is 13.2 Å². The molecule has 0 radical (unpaired) electrons. The Hall–Kier alpha value is -2.29. The van der Waals surface area contributed by atoms with E-state index in [1.54, 1.807) is 31.2 Å². The third kappa shape index (κ3) is 7.03. The molecule has 0 bridgehead atoms. The number of likely N-dealkylation sites (N-methyl/N-ethyl adjacent to an activating group) is 1. The highest BCUT2D eigenvalue weighted by Crippen LogP contribution is 2.36. The van der Waals surface area contributed by atoms with E-state index in [-0.39, 0.29) is 24.9 Å². The summed E-state index contributed by atoms with van der Waals surface area (Å²) in [5, 5.41) is 2.67. The van der Waals surface area contributed by atoms with Crippen molar-refractivity contribution in [1.82, 2.24) is 9.80 Å². The van der Waals surface area contributed by atoms with Crippen LogP contribution in [-0.4, -0.2) is 67.6 Å². The van der Waals surface area contributed by atoms with Crippen LogP contribution in [0.3, 0.4) is 0 Å². The van der Waals surface area contributed by atoms with E-state index in [1.807, 2.05) is 0 Å². The Bertz CT molecular complexity index is 692. The number of amides is 2. The first-order chi connectivity index (χ1) is 13.1. The molecule has 1 N–H and O–H groups in total. The van der Waals surface area contributed by atoms with Gasteiger partial charge in [0.25, 0.3) is 0 Å². The van der Waals surface area contributed by atoms with Crippen LogP contribution >= 0.6 is 0 Å². The first-order valence-electron chi connectivity index (χ1n) is 9.07. The third-order valence-corrected chi connectivity index (χ3v) is 4.64. The van der Waals surface area contributed by atoms with Gasteiger partial charge in [-0.05, 0) is 44.9 Å². The van der Waals surface area contributed by atoms with E-state index in [1.165, 1.54) is 19.1 Å². The number of benzene rings is 1. The normalized spacial score (nSPS) is 15.2. The summed E-state index contributed by atoms with van der Waals surface area (Å²) in [5.74, 6) is -0.305. The van der Waals surface area contributed by atoms with Crippen molar-refractivity contribution in [2.24, 2.45) is 5.92 Å². The molecule has 1 atom stereocenters. The zero-order valence-corrected chi connectivity index (χ0v) is 16.3. The average molecular weight is 401 g/mol. The van der Waals surface area contributed by atoms with Crippen LogP contribution < -0.4 is 10.1 Å². The minimum absolute atomic E-state index is 0.118. The SMILES string of the molecule is COc1cccc(NC(=O)CN(C)CC(=O)N(CC(F)(F)F)[C@@H](C)C2CC2)c1. The lowest BCUT2D eigenvalue weighted by Gasteiger charge is -2.31. The molecule has 28 heavy (non-hydrogen) atoms. The highest BCUT2D eigenvalue weighted by molar-refractivity contribution is 5.92. The molecular formula is C19H26F3N3O3. The second-order valence-corrected chi connectivity index (χ2v) is 7.17. The van der Waals surface area contributed by atoms with Crippen LogP contribution in [0.4, 0.5) is 18.9 Å². The van der Waals surface area contributed by atoms with Crippen LogP contribution in [0, 0.1) is 5.92 Å². The molecule has 2 rings (SSSR count). The topological polar surface area (TPSA) is 61.9 Å². The lowest BCUT2D eigenvalue weighted by atomic mass is 10.1. The van der Waals surface area contributed by atoms with Crippen molar-refractivity contribution in [2.75, 3.05) is 39.1 Å². The zero-order valence-electron chi connectivity index (χ0n) is 16.3. The van der Waals surface area contributed by atoms with Crippen LogP contribution in [0.2, 0.25) is 0 Å². The molecule has 9 heteroatoms. The largest absolute Gasteiger partial charge is 0.497 e. The first-order valence-corrected chi connectivity index (χ1v) is 9.07. The maximum Gasteiger partial charge on any atom is 0.406 e. The van der Waals surface area contributed by atoms with Gasteiger partial charge < -0.3 is 15.0 Å². The molecule has 156 valence electrons. The van der Waals surface area contributed by atoms with Crippen molar-refractivity contribution in [3.63, 3.8) is 0 Å². The Labute approximate surface area is 162 Å². The van der Waals surface area contributed by atoms with Gasteiger partial charge in [-0.15, -0.1) is 0 Å². The van der Waals surface area contributed by atoms with Crippen LogP contribution in [0.25, 0.3) is 0 Å². The number of methoxy groups -OCH3 is 1. The van der Waals surface area contributed by atoms with Crippen molar-refractivity contribution in [1.29, 1.82) is 0 Å². The summed E-state index contributed by atoms with van der Waals surface area (Å²) < 4.78 is 43.7. The summed E-state index contributed by atoms with van der Waals surface area (Å²) in [6.07, 6.45) is -2.79. The predicted molar refractivity (Wildman–Crippen MR) is 99.1 cm³/mol. The molecule has 0 aromatic heterocycles. The fraction of sp³-hybridized carbons (Fsp3) is 0.579. The number of nitrogens with one attached hydrogen (secondary N) is 1. The molecule has 1 fully saturated rings. The Morgan fingerprint density at radius 2 is 1.96 bits per heavy atom. The summed E-state index contributed by atoms with van der Waals surface area (Å²) in [5.41, 5.74) is 0.533. The van der Waals surface area contributed by atoms with Gasteiger partial charge >= 0.3 is 6.18 Å². The van der Waals surface area contributed by atoms with Gasteiger partial charge in [-0.3, -0.25) is 14.5 Å². The highest BCUT2D eigenvalue weighted by Gasteiger charge is 2.40. The van der Waals surface area contributed by atoms with Gasteiger partial charge in [0.1, 0.15) is 12.3 Å². The van der Waals surface area contributed by atoms with E-state index in [9.17, 15) is 22.8 Å². The van der Waals surface area contributed by atoms with Gasteiger partial charge in [-0.25, -0.2) is 0 Å². The molecule has 0 aliphatic heterocycles. The maximum atomic E-state index is 12.9. The molecule has 1 aromatic rings. The standard InChI is InChI=1S/C19H26F3N3O3/c1-13(14-7-8-14)25(12-19(20,21)22)18(27)11-24(2)10-17(26)23-15-5-4-6-16(9-15)28-3/h4-6,9,13-14H,7-8,10-12H2,1-3H3,(H,23,26)/t13-/m0/s1. The van der Waals surface area contributed by atoms with Crippen LogP contribution in [0.15, 0.2) is 24.3 Å². The first kappa shape index (κ1) is 22.0. The Morgan fingerprint density at radius 1 is 1.29 bits per heavy atom. The summed E-state index contributed by atoms with van der Waals surface area (Å²) >= 11 is 0. The summed E-state index contributed by atoms with van der Waals surface area (Å²) in [4.78, 5) is 26.9. The molecule has 1 saturated carbocycles. The smallest absolute Gasteiger partial charge is 0.406 e. The maximum absolute atomic E-state index is 12.9. The van der Waals surface area contributed by atoms with E-state index >= 15 is 0 Å². The minimum atomic E-state index is -4.46. The minimum Gasteiger partial charge on any atom is -0.497 e. The number of hydrogen-bond acceptors (Lipinski definition) is 4. The number of carbonyl (C=O) groups excluding carboxylic acids is 2. The third-order valence-electron chi connectivity index (χ3n) is 4.64. The van der Waals surface area contributed by atoms with E-state index in [0.29, 0.717) is 11.4 Å². The molecule has 1 aliphatic rings. The Kier molecular flexibility index (Phi) is 7.29. The predicted octanol–water partition coefficient (Wildman–Crippen LogP) is 2.75. The van der Waals surface area contributed by atoms with Crippen LogP contribution in [0.5, 0.6) is 5.75 Å². The van der Waals surface area contributed by atoms with E-state index < -0.39 is 24.7 Å². The van der Waals surface area contributed by atoms with E-state index in [2.05, 4.69) is 5.32 Å². The van der Waals surface area contributed by atoms with Crippen molar-refractivity contribution < 1.29 is 27.5 Å². The number of rotatable bonds is 9. The molecule has 0 spiro atoms.